The predicted octanol–water partition coefficient (Wildman–Crippen LogP) is 1.65. The van der Waals surface area contributed by atoms with Crippen molar-refractivity contribution in [3.63, 3.8) is 0 Å². The highest BCUT2D eigenvalue weighted by Crippen LogP contribution is 2.22. The van der Waals surface area contributed by atoms with E-state index in [4.69, 9.17) is 4.74 Å². The van der Waals surface area contributed by atoms with E-state index in [0.29, 0.717) is 19.0 Å². The van der Waals surface area contributed by atoms with E-state index in [1.54, 1.807) is 0 Å². The van der Waals surface area contributed by atoms with Crippen molar-refractivity contribution in [3.8, 4) is 0 Å². The first-order valence-corrected chi connectivity index (χ1v) is 6.98. The fourth-order valence-electron chi connectivity index (χ4n) is 1.60. The van der Waals surface area contributed by atoms with Gasteiger partial charge in [0.25, 0.3) is 0 Å². The number of nitrogens with one attached hydrogen (secondary N) is 1. The Morgan fingerprint density at radius 2 is 2.05 bits per heavy atom. The van der Waals surface area contributed by atoms with Gasteiger partial charge in [-0.15, -0.1) is 0 Å². The van der Waals surface area contributed by atoms with Crippen LogP contribution in [0.5, 0.6) is 0 Å². The molecule has 0 saturated carbocycles. The third-order valence-electron chi connectivity index (χ3n) is 3.19. The lowest BCUT2D eigenvalue weighted by Crippen LogP contribution is -2.45. The van der Waals surface area contributed by atoms with E-state index in [2.05, 4.69) is 15.3 Å². The molecule has 0 aliphatic rings. The Morgan fingerprint density at radius 3 is 2.60 bits per heavy atom. The Labute approximate surface area is 121 Å². The van der Waals surface area contributed by atoms with Crippen LogP contribution in [0.15, 0.2) is 6.07 Å². The average molecular weight is 282 g/mol. The van der Waals surface area contributed by atoms with Gasteiger partial charge < -0.3 is 20.1 Å². The number of nitrogens with zero attached hydrogens (tertiary/aromatic N) is 3. The van der Waals surface area contributed by atoms with Crippen LogP contribution in [0.1, 0.15) is 33.5 Å². The van der Waals surface area contributed by atoms with E-state index in [-0.39, 0.29) is 12.1 Å². The SMILES string of the molecule is CCNc1cc(N(C)C(C)(C)CO)nc(COCC)n1. The number of aliphatic hydroxyl groups is 1. The second-order valence-electron chi connectivity index (χ2n) is 5.22. The van der Waals surface area contributed by atoms with Crippen molar-refractivity contribution in [1.29, 1.82) is 0 Å². The zero-order valence-electron chi connectivity index (χ0n) is 13.1. The van der Waals surface area contributed by atoms with Gasteiger partial charge in [0.2, 0.25) is 0 Å². The fourth-order valence-corrected chi connectivity index (χ4v) is 1.60. The summed E-state index contributed by atoms with van der Waals surface area (Å²) in [6.45, 7) is 9.73. The average Bonchev–Trinajstić information content (AvgIpc) is 2.44. The van der Waals surface area contributed by atoms with Gasteiger partial charge in [-0.3, -0.25) is 0 Å². The first-order valence-electron chi connectivity index (χ1n) is 6.98. The van der Waals surface area contributed by atoms with Gasteiger partial charge in [0.1, 0.15) is 18.2 Å². The topological polar surface area (TPSA) is 70.5 Å². The van der Waals surface area contributed by atoms with Crippen molar-refractivity contribution < 1.29 is 9.84 Å². The van der Waals surface area contributed by atoms with Crippen LogP contribution in [0.2, 0.25) is 0 Å². The molecule has 1 heterocycles. The van der Waals surface area contributed by atoms with Crippen LogP contribution in [0.3, 0.4) is 0 Å². The lowest BCUT2D eigenvalue weighted by atomic mass is 10.1. The number of hydrogen-bond acceptors (Lipinski definition) is 6. The predicted molar refractivity (Wildman–Crippen MR) is 81.1 cm³/mol. The highest BCUT2D eigenvalue weighted by molar-refractivity contribution is 5.50. The van der Waals surface area contributed by atoms with Gasteiger partial charge >= 0.3 is 0 Å². The van der Waals surface area contributed by atoms with Crippen LogP contribution in [0, 0.1) is 0 Å². The number of likely N-dealkylation sites (N-methyl/N-ethyl adjacent to an activating group) is 1. The summed E-state index contributed by atoms with van der Waals surface area (Å²) < 4.78 is 5.38. The minimum absolute atomic E-state index is 0.0465. The second-order valence-corrected chi connectivity index (χ2v) is 5.22. The van der Waals surface area contributed by atoms with Crippen molar-refractivity contribution in [2.75, 3.05) is 37.0 Å². The summed E-state index contributed by atoms with van der Waals surface area (Å²) >= 11 is 0. The molecule has 0 radical (unpaired) electrons. The standard InChI is InChI=1S/C14H26N4O2/c1-6-15-11-8-13(18(5)14(3,4)10-19)17-12(16-11)9-20-7-2/h8,19H,6-7,9-10H2,1-5H3,(H,15,16,17). The number of aliphatic hydroxyl groups excluding tert-OH is 1. The molecule has 0 amide bonds. The molecule has 1 aromatic heterocycles. The Balaban J connectivity index is 3.07. The smallest absolute Gasteiger partial charge is 0.158 e. The summed E-state index contributed by atoms with van der Waals surface area (Å²) in [5.41, 5.74) is -0.388. The van der Waals surface area contributed by atoms with Gasteiger partial charge in [-0.1, -0.05) is 0 Å². The molecular weight excluding hydrogens is 256 g/mol. The van der Waals surface area contributed by atoms with Crippen molar-refractivity contribution in [3.05, 3.63) is 11.9 Å². The summed E-state index contributed by atoms with van der Waals surface area (Å²) in [5.74, 6) is 2.18. The molecule has 0 spiro atoms. The first kappa shape index (κ1) is 16.7. The maximum absolute atomic E-state index is 9.48. The number of ether oxygens (including phenoxy) is 1. The quantitative estimate of drug-likeness (QED) is 0.755. The minimum Gasteiger partial charge on any atom is -0.394 e. The van der Waals surface area contributed by atoms with E-state index in [0.717, 1.165) is 18.2 Å². The van der Waals surface area contributed by atoms with Crippen molar-refractivity contribution in [2.45, 2.75) is 39.8 Å². The molecule has 0 aliphatic heterocycles. The van der Waals surface area contributed by atoms with Gasteiger partial charge in [-0.05, 0) is 27.7 Å². The first-order chi connectivity index (χ1) is 9.44. The number of aromatic nitrogens is 2. The van der Waals surface area contributed by atoms with Crippen LogP contribution in [0.25, 0.3) is 0 Å². The van der Waals surface area contributed by atoms with Gasteiger partial charge in [0.05, 0.1) is 12.1 Å². The van der Waals surface area contributed by atoms with E-state index < -0.39 is 0 Å². The molecule has 0 unspecified atom stereocenters. The van der Waals surface area contributed by atoms with Crippen LogP contribution in [-0.2, 0) is 11.3 Å². The molecule has 2 N–H and O–H groups in total. The van der Waals surface area contributed by atoms with Gasteiger partial charge in [-0.25, -0.2) is 9.97 Å². The van der Waals surface area contributed by atoms with Crippen LogP contribution in [0.4, 0.5) is 11.6 Å². The monoisotopic (exact) mass is 282 g/mol. The van der Waals surface area contributed by atoms with Crippen LogP contribution < -0.4 is 10.2 Å². The summed E-state index contributed by atoms with van der Waals surface area (Å²) in [7, 11) is 1.92. The summed E-state index contributed by atoms with van der Waals surface area (Å²) in [5, 5.41) is 12.7. The molecule has 0 aromatic carbocycles. The zero-order chi connectivity index (χ0) is 15.2. The van der Waals surface area contributed by atoms with Crippen molar-refractivity contribution in [1.82, 2.24) is 9.97 Å². The Kier molecular flexibility index (Phi) is 6.16. The van der Waals surface area contributed by atoms with Crippen molar-refractivity contribution in [2.24, 2.45) is 0 Å². The highest BCUT2D eigenvalue weighted by Gasteiger charge is 2.24. The van der Waals surface area contributed by atoms with Gasteiger partial charge in [-0.2, -0.15) is 0 Å². The number of rotatable bonds is 8. The summed E-state index contributed by atoms with van der Waals surface area (Å²) in [6.07, 6.45) is 0. The Morgan fingerprint density at radius 1 is 1.35 bits per heavy atom. The molecule has 114 valence electrons. The van der Waals surface area contributed by atoms with Crippen LogP contribution in [-0.4, -0.2) is 47.4 Å². The van der Waals surface area contributed by atoms with Gasteiger partial charge in [0.15, 0.2) is 5.82 Å². The molecule has 0 atom stereocenters. The number of anilines is 2. The maximum Gasteiger partial charge on any atom is 0.158 e. The zero-order valence-corrected chi connectivity index (χ0v) is 13.1. The second kappa shape index (κ2) is 7.40. The van der Waals surface area contributed by atoms with E-state index in [9.17, 15) is 5.11 Å². The molecule has 1 aromatic rings. The Bertz CT molecular complexity index is 424. The maximum atomic E-state index is 9.48. The summed E-state index contributed by atoms with van der Waals surface area (Å²) in [4.78, 5) is 10.9. The summed E-state index contributed by atoms with van der Waals surface area (Å²) in [6, 6.07) is 1.89. The van der Waals surface area contributed by atoms with E-state index in [1.807, 2.05) is 45.7 Å². The largest absolute Gasteiger partial charge is 0.394 e. The normalized spacial score (nSPS) is 11.5. The molecule has 6 nitrogen and oxygen atoms in total. The molecule has 1 rings (SSSR count). The molecule has 20 heavy (non-hydrogen) atoms. The van der Waals surface area contributed by atoms with Gasteiger partial charge in [0, 0.05) is 26.3 Å². The molecule has 0 saturated heterocycles. The molecular formula is C14H26N4O2. The van der Waals surface area contributed by atoms with Crippen molar-refractivity contribution >= 4 is 11.6 Å². The van der Waals surface area contributed by atoms with E-state index in [1.165, 1.54) is 0 Å². The molecule has 6 heteroatoms. The molecule has 0 fully saturated rings. The molecule has 0 aliphatic carbocycles. The van der Waals surface area contributed by atoms with E-state index >= 15 is 0 Å². The fraction of sp³-hybridized carbons (Fsp3) is 0.714. The third kappa shape index (κ3) is 4.31. The third-order valence-corrected chi connectivity index (χ3v) is 3.19. The minimum atomic E-state index is -0.388. The molecule has 0 bridgehead atoms. The highest BCUT2D eigenvalue weighted by atomic mass is 16.5. The number of hydrogen-bond donors (Lipinski definition) is 2. The lowest BCUT2D eigenvalue weighted by molar-refractivity contribution is 0.128. The Hall–Kier alpha value is -1.40. The lowest BCUT2D eigenvalue weighted by Gasteiger charge is -2.35. The van der Waals surface area contributed by atoms with Crippen LogP contribution >= 0.6 is 0 Å².